The minimum Gasteiger partial charge on any atom is -0.352 e. The van der Waals surface area contributed by atoms with Gasteiger partial charge in [-0.1, -0.05) is 6.42 Å². The third kappa shape index (κ3) is 3.23. The quantitative estimate of drug-likeness (QED) is 0.519. The van der Waals surface area contributed by atoms with E-state index in [9.17, 15) is 4.79 Å². The predicted octanol–water partition coefficient (Wildman–Crippen LogP) is -0.203. The van der Waals surface area contributed by atoms with Gasteiger partial charge in [-0.05, 0) is 19.4 Å². The lowest BCUT2D eigenvalue weighted by atomic mass is 10.1. The number of rotatable bonds is 2. The maximum atomic E-state index is 10.3. The highest BCUT2D eigenvalue weighted by atomic mass is 16.2. The molecule has 0 aromatic heterocycles. The first-order chi connectivity index (χ1) is 5.29. The largest absolute Gasteiger partial charge is 0.352 e. The van der Waals surface area contributed by atoms with Gasteiger partial charge in [-0.25, -0.2) is 4.79 Å². The van der Waals surface area contributed by atoms with Crippen molar-refractivity contribution in [2.75, 3.05) is 13.1 Å². The first kappa shape index (κ1) is 8.33. The second-order valence-electron chi connectivity index (χ2n) is 2.89. The molecule has 2 amide bonds. The zero-order valence-corrected chi connectivity index (χ0v) is 6.60. The summed E-state index contributed by atoms with van der Waals surface area (Å²) in [7, 11) is 0. The second-order valence-corrected chi connectivity index (χ2v) is 2.89. The fourth-order valence-electron chi connectivity index (χ4n) is 1.32. The number of hydrogen-bond donors (Lipinski definition) is 3. The van der Waals surface area contributed by atoms with E-state index in [1.54, 1.807) is 0 Å². The monoisotopic (exact) mass is 157 g/mol. The van der Waals surface area contributed by atoms with Crippen molar-refractivity contribution >= 4 is 6.03 Å². The maximum Gasteiger partial charge on any atom is 0.312 e. The van der Waals surface area contributed by atoms with Crippen molar-refractivity contribution in [2.24, 2.45) is 5.73 Å². The lowest BCUT2D eigenvalue weighted by Gasteiger charge is -2.22. The van der Waals surface area contributed by atoms with Crippen LogP contribution in [0.4, 0.5) is 4.79 Å². The number of urea groups is 1. The van der Waals surface area contributed by atoms with Gasteiger partial charge >= 0.3 is 6.03 Å². The maximum absolute atomic E-state index is 10.3. The Morgan fingerprint density at radius 1 is 1.64 bits per heavy atom. The van der Waals surface area contributed by atoms with Gasteiger partial charge in [0.1, 0.15) is 0 Å². The highest BCUT2D eigenvalue weighted by Gasteiger charge is 2.11. The van der Waals surface area contributed by atoms with Gasteiger partial charge in [-0.3, -0.25) is 0 Å². The standard InChI is InChI=1S/C7H15N3O/c8-7(11)10-5-6-3-1-2-4-9-6/h6,9H,1-5H2,(H3,8,10,11)/t6-/m1/s1. The van der Waals surface area contributed by atoms with E-state index in [-0.39, 0.29) is 0 Å². The summed E-state index contributed by atoms with van der Waals surface area (Å²) in [6.45, 7) is 1.72. The summed E-state index contributed by atoms with van der Waals surface area (Å²) in [5.41, 5.74) is 4.93. The second kappa shape index (κ2) is 4.18. The number of carbonyl (C=O) groups is 1. The van der Waals surface area contributed by atoms with E-state index in [1.807, 2.05) is 0 Å². The normalized spacial score (nSPS) is 24.5. The summed E-state index contributed by atoms with van der Waals surface area (Å²) in [6, 6.07) is -0.00590. The van der Waals surface area contributed by atoms with E-state index in [1.165, 1.54) is 12.8 Å². The molecule has 4 nitrogen and oxygen atoms in total. The molecule has 0 bridgehead atoms. The molecule has 0 aromatic rings. The van der Waals surface area contributed by atoms with Crippen LogP contribution in [0.25, 0.3) is 0 Å². The number of nitrogens with one attached hydrogen (secondary N) is 2. The molecule has 1 rings (SSSR count). The molecule has 1 saturated heterocycles. The van der Waals surface area contributed by atoms with Crippen LogP contribution in [0.3, 0.4) is 0 Å². The SMILES string of the molecule is NC(=O)NC[C@H]1CCCCN1. The molecular weight excluding hydrogens is 142 g/mol. The zero-order valence-electron chi connectivity index (χ0n) is 6.60. The molecule has 4 N–H and O–H groups in total. The molecule has 11 heavy (non-hydrogen) atoms. The first-order valence-electron chi connectivity index (χ1n) is 4.06. The highest BCUT2D eigenvalue weighted by Crippen LogP contribution is 2.05. The van der Waals surface area contributed by atoms with E-state index in [4.69, 9.17) is 5.73 Å². The summed E-state index contributed by atoms with van der Waals surface area (Å²) in [5.74, 6) is 0. The summed E-state index contributed by atoms with van der Waals surface area (Å²) < 4.78 is 0. The predicted molar refractivity (Wildman–Crippen MR) is 43.2 cm³/mol. The van der Waals surface area contributed by atoms with Crippen LogP contribution in [0.2, 0.25) is 0 Å². The van der Waals surface area contributed by atoms with Crippen molar-refractivity contribution in [3.63, 3.8) is 0 Å². The Kier molecular flexibility index (Phi) is 3.16. The summed E-state index contributed by atoms with van der Waals surface area (Å²) in [4.78, 5) is 10.3. The van der Waals surface area contributed by atoms with Gasteiger partial charge in [0.05, 0.1) is 0 Å². The van der Waals surface area contributed by atoms with Gasteiger partial charge in [0, 0.05) is 12.6 Å². The fraction of sp³-hybridized carbons (Fsp3) is 0.857. The van der Waals surface area contributed by atoms with E-state index in [2.05, 4.69) is 10.6 Å². The van der Waals surface area contributed by atoms with Crippen LogP contribution in [0.15, 0.2) is 0 Å². The van der Waals surface area contributed by atoms with Crippen LogP contribution in [-0.2, 0) is 0 Å². The lowest BCUT2D eigenvalue weighted by molar-refractivity contribution is 0.246. The van der Waals surface area contributed by atoms with E-state index >= 15 is 0 Å². The summed E-state index contributed by atoms with van der Waals surface area (Å²) in [5, 5.41) is 5.90. The summed E-state index contributed by atoms with van der Waals surface area (Å²) in [6.07, 6.45) is 3.63. The van der Waals surface area contributed by atoms with Gasteiger partial charge in [0.25, 0.3) is 0 Å². The van der Waals surface area contributed by atoms with Crippen molar-refractivity contribution in [2.45, 2.75) is 25.3 Å². The van der Waals surface area contributed by atoms with Crippen molar-refractivity contribution < 1.29 is 4.79 Å². The van der Waals surface area contributed by atoms with E-state index < -0.39 is 6.03 Å². The number of hydrogen-bond acceptors (Lipinski definition) is 2. The Morgan fingerprint density at radius 3 is 3.00 bits per heavy atom. The molecule has 64 valence electrons. The molecule has 0 unspecified atom stereocenters. The van der Waals surface area contributed by atoms with Crippen LogP contribution in [0, 0.1) is 0 Å². The molecular formula is C7H15N3O. The minimum absolute atomic E-state index is 0.427. The van der Waals surface area contributed by atoms with Crippen molar-refractivity contribution in [1.29, 1.82) is 0 Å². The summed E-state index contributed by atoms with van der Waals surface area (Å²) >= 11 is 0. The molecule has 0 radical (unpaired) electrons. The van der Waals surface area contributed by atoms with E-state index in [0.717, 1.165) is 13.0 Å². The van der Waals surface area contributed by atoms with Gasteiger partial charge in [0.2, 0.25) is 0 Å². The van der Waals surface area contributed by atoms with Gasteiger partial charge < -0.3 is 16.4 Å². The smallest absolute Gasteiger partial charge is 0.312 e. The van der Waals surface area contributed by atoms with Crippen molar-refractivity contribution in [1.82, 2.24) is 10.6 Å². The van der Waals surface area contributed by atoms with Crippen LogP contribution in [0.5, 0.6) is 0 Å². The molecule has 1 heterocycles. The van der Waals surface area contributed by atoms with Gasteiger partial charge in [0.15, 0.2) is 0 Å². The topological polar surface area (TPSA) is 67.2 Å². The molecule has 1 aliphatic rings. The average Bonchev–Trinajstić information content (AvgIpc) is 2.03. The number of amides is 2. The van der Waals surface area contributed by atoms with Crippen LogP contribution in [0.1, 0.15) is 19.3 Å². The third-order valence-corrected chi connectivity index (χ3v) is 1.94. The first-order valence-corrected chi connectivity index (χ1v) is 4.06. The van der Waals surface area contributed by atoms with Crippen LogP contribution in [-0.4, -0.2) is 25.2 Å². The molecule has 0 saturated carbocycles. The third-order valence-electron chi connectivity index (χ3n) is 1.94. The Bertz CT molecular complexity index is 132. The van der Waals surface area contributed by atoms with Crippen molar-refractivity contribution in [3.05, 3.63) is 0 Å². The molecule has 1 atom stereocenters. The molecule has 1 fully saturated rings. The Morgan fingerprint density at radius 2 is 2.45 bits per heavy atom. The number of carbonyl (C=O) groups excluding carboxylic acids is 1. The van der Waals surface area contributed by atoms with Crippen molar-refractivity contribution in [3.8, 4) is 0 Å². The lowest BCUT2D eigenvalue weighted by Crippen LogP contribution is -2.44. The Balaban J connectivity index is 2.09. The minimum atomic E-state index is -0.433. The molecule has 0 spiro atoms. The average molecular weight is 157 g/mol. The molecule has 4 heteroatoms. The van der Waals surface area contributed by atoms with Crippen LogP contribution < -0.4 is 16.4 Å². The molecule has 1 aliphatic heterocycles. The number of primary amides is 1. The van der Waals surface area contributed by atoms with Crippen LogP contribution >= 0.6 is 0 Å². The zero-order chi connectivity index (χ0) is 8.10. The van der Waals surface area contributed by atoms with Gasteiger partial charge in [-0.2, -0.15) is 0 Å². The Labute approximate surface area is 66.5 Å². The van der Waals surface area contributed by atoms with Gasteiger partial charge in [-0.15, -0.1) is 0 Å². The number of nitrogens with two attached hydrogens (primary N) is 1. The number of piperidine rings is 1. The van der Waals surface area contributed by atoms with E-state index in [0.29, 0.717) is 12.6 Å². The molecule has 0 aliphatic carbocycles. The highest BCUT2D eigenvalue weighted by molar-refractivity contribution is 5.71. The Hall–Kier alpha value is -0.770. The molecule has 0 aromatic carbocycles. The fourth-order valence-corrected chi connectivity index (χ4v) is 1.32.